The van der Waals surface area contributed by atoms with E-state index in [1.54, 1.807) is 0 Å². The zero-order chi connectivity index (χ0) is 11.4. The van der Waals surface area contributed by atoms with Gasteiger partial charge in [-0.3, -0.25) is 4.79 Å². The Labute approximate surface area is 100 Å². The van der Waals surface area contributed by atoms with Crippen LogP contribution in [0, 0.1) is 0 Å². The van der Waals surface area contributed by atoms with Crippen molar-refractivity contribution in [3.63, 3.8) is 0 Å². The van der Waals surface area contributed by atoms with Gasteiger partial charge in [-0.05, 0) is 18.6 Å². The maximum absolute atomic E-state index is 12.1. The summed E-state index contributed by atoms with van der Waals surface area (Å²) in [7, 11) is 1.88. The van der Waals surface area contributed by atoms with Gasteiger partial charge in [0, 0.05) is 18.4 Å². The van der Waals surface area contributed by atoms with Gasteiger partial charge in [0.2, 0.25) is 0 Å². The molecule has 1 aliphatic rings. The van der Waals surface area contributed by atoms with Gasteiger partial charge in [0.25, 0.3) is 5.91 Å². The molecule has 16 heavy (non-hydrogen) atoms. The third kappa shape index (κ3) is 2.47. The summed E-state index contributed by atoms with van der Waals surface area (Å²) in [6, 6.07) is 9.45. The van der Waals surface area contributed by atoms with Gasteiger partial charge in [-0.25, -0.2) is 0 Å². The minimum absolute atomic E-state index is 0.105. The Morgan fingerprint density at radius 3 is 2.69 bits per heavy atom. The van der Waals surface area contributed by atoms with E-state index in [2.05, 4.69) is 12.2 Å². The van der Waals surface area contributed by atoms with Crippen molar-refractivity contribution in [2.75, 3.05) is 12.8 Å². The van der Waals surface area contributed by atoms with Gasteiger partial charge < -0.3 is 4.90 Å². The lowest BCUT2D eigenvalue weighted by Crippen LogP contribution is -2.35. The summed E-state index contributed by atoms with van der Waals surface area (Å²) < 4.78 is 0. The molecular weight excluding hydrogens is 218 g/mol. The van der Waals surface area contributed by atoms with Crippen molar-refractivity contribution in [2.24, 2.45) is 0 Å². The van der Waals surface area contributed by atoms with Crippen LogP contribution in [0.4, 0.5) is 0 Å². The van der Waals surface area contributed by atoms with Crippen molar-refractivity contribution in [1.82, 2.24) is 4.90 Å². The minimum Gasteiger partial charge on any atom is -0.329 e. The summed E-state index contributed by atoms with van der Waals surface area (Å²) in [6.07, 6.45) is 5.25. The fourth-order valence-corrected chi connectivity index (χ4v) is 2.74. The molecule has 0 fully saturated rings. The van der Waals surface area contributed by atoms with Crippen LogP contribution in [-0.2, 0) is 0 Å². The number of benzene rings is 1. The molecule has 84 valence electrons. The van der Waals surface area contributed by atoms with E-state index in [1.165, 1.54) is 0 Å². The smallest absolute Gasteiger partial charge is 0.254 e. The molecule has 0 saturated carbocycles. The summed E-state index contributed by atoms with van der Waals surface area (Å²) in [5.74, 6) is 1.10. The Morgan fingerprint density at radius 2 is 2.06 bits per heavy atom. The Morgan fingerprint density at radius 1 is 1.31 bits per heavy atom. The molecule has 0 spiro atoms. The van der Waals surface area contributed by atoms with Gasteiger partial charge in [-0.2, -0.15) is 0 Å². The van der Waals surface area contributed by atoms with Crippen LogP contribution in [0.15, 0.2) is 42.5 Å². The van der Waals surface area contributed by atoms with E-state index in [0.29, 0.717) is 0 Å². The normalized spacial score (nSPS) is 19.4. The molecule has 3 heteroatoms. The van der Waals surface area contributed by atoms with Gasteiger partial charge in [-0.15, -0.1) is 11.8 Å². The monoisotopic (exact) mass is 233 g/mol. The molecule has 0 aliphatic carbocycles. The number of nitrogens with zero attached hydrogens (tertiary/aromatic N) is 1. The summed E-state index contributed by atoms with van der Waals surface area (Å²) in [5, 5.41) is 0.276. The minimum atomic E-state index is 0.105. The number of amides is 1. The second-order valence-corrected chi connectivity index (χ2v) is 4.99. The summed E-state index contributed by atoms with van der Waals surface area (Å²) in [6.45, 7) is 0. The molecule has 1 aromatic rings. The average Bonchev–Trinajstić information content (AvgIpc) is 2.39. The van der Waals surface area contributed by atoms with Crippen LogP contribution in [0.3, 0.4) is 0 Å². The number of carbonyl (C=O) groups excluding carboxylic acids is 1. The number of hydrogen-bond acceptors (Lipinski definition) is 2. The molecule has 1 heterocycles. The highest BCUT2D eigenvalue weighted by Crippen LogP contribution is 2.24. The fraction of sp³-hybridized carbons (Fsp3) is 0.308. The zero-order valence-corrected chi connectivity index (χ0v) is 10.1. The molecule has 1 amide bonds. The van der Waals surface area contributed by atoms with E-state index in [0.717, 1.165) is 17.7 Å². The van der Waals surface area contributed by atoms with E-state index in [4.69, 9.17) is 0 Å². The van der Waals surface area contributed by atoms with Crippen LogP contribution in [0.5, 0.6) is 0 Å². The molecule has 0 radical (unpaired) electrons. The van der Waals surface area contributed by atoms with Crippen LogP contribution >= 0.6 is 11.8 Å². The van der Waals surface area contributed by atoms with Crippen molar-refractivity contribution in [2.45, 2.75) is 11.8 Å². The van der Waals surface area contributed by atoms with Gasteiger partial charge in [-0.1, -0.05) is 30.4 Å². The van der Waals surface area contributed by atoms with Crippen molar-refractivity contribution >= 4 is 17.7 Å². The Hall–Kier alpha value is -1.22. The van der Waals surface area contributed by atoms with Gasteiger partial charge in [0.1, 0.15) is 0 Å². The first kappa shape index (κ1) is 11.3. The number of carbonyl (C=O) groups is 1. The van der Waals surface area contributed by atoms with Gasteiger partial charge in [0.15, 0.2) is 0 Å². The number of hydrogen-bond donors (Lipinski definition) is 0. The SMILES string of the molecule is CN(C(=O)c1ccccc1)C1CC=CCS1. The predicted molar refractivity (Wildman–Crippen MR) is 68.5 cm³/mol. The topological polar surface area (TPSA) is 20.3 Å². The summed E-state index contributed by atoms with van der Waals surface area (Å²) >= 11 is 1.81. The zero-order valence-electron chi connectivity index (χ0n) is 9.30. The molecule has 2 rings (SSSR count). The second kappa shape index (κ2) is 5.21. The highest BCUT2D eigenvalue weighted by atomic mass is 32.2. The van der Waals surface area contributed by atoms with E-state index in [9.17, 15) is 4.79 Å². The predicted octanol–water partition coefficient (Wildman–Crippen LogP) is 2.78. The number of thioether (sulfide) groups is 1. The lowest BCUT2D eigenvalue weighted by atomic mass is 10.2. The molecule has 0 aromatic heterocycles. The van der Waals surface area contributed by atoms with Crippen LogP contribution in [0.1, 0.15) is 16.8 Å². The van der Waals surface area contributed by atoms with Crippen molar-refractivity contribution in [1.29, 1.82) is 0 Å². The van der Waals surface area contributed by atoms with E-state index >= 15 is 0 Å². The maximum Gasteiger partial charge on any atom is 0.254 e. The first-order valence-corrected chi connectivity index (χ1v) is 6.43. The van der Waals surface area contributed by atoms with Crippen molar-refractivity contribution in [3.8, 4) is 0 Å². The summed E-state index contributed by atoms with van der Waals surface area (Å²) in [4.78, 5) is 14.0. The molecule has 2 nitrogen and oxygen atoms in total. The fourth-order valence-electron chi connectivity index (χ4n) is 1.70. The van der Waals surface area contributed by atoms with Crippen molar-refractivity contribution in [3.05, 3.63) is 48.0 Å². The second-order valence-electron chi connectivity index (χ2n) is 3.78. The van der Waals surface area contributed by atoms with Gasteiger partial charge in [0.05, 0.1) is 5.37 Å². The van der Waals surface area contributed by atoms with Gasteiger partial charge >= 0.3 is 0 Å². The summed E-state index contributed by atoms with van der Waals surface area (Å²) in [5.41, 5.74) is 0.764. The van der Waals surface area contributed by atoms with Crippen LogP contribution in [0.2, 0.25) is 0 Å². The molecule has 1 unspecified atom stereocenters. The highest BCUT2D eigenvalue weighted by Gasteiger charge is 2.21. The Kier molecular flexibility index (Phi) is 3.67. The standard InChI is InChI=1S/C13H15NOS/c1-14(12-9-5-6-10-16-12)13(15)11-7-3-2-4-8-11/h2-8,12H,9-10H2,1H3. The lowest BCUT2D eigenvalue weighted by molar-refractivity contribution is 0.0781. The average molecular weight is 233 g/mol. The molecule has 0 N–H and O–H groups in total. The van der Waals surface area contributed by atoms with E-state index in [-0.39, 0.29) is 11.3 Å². The quantitative estimate of drug-likeness (QED) is 0.732. The third-order valence-electron chi connectivity index (χ3n) is 2.66. The van der Waals surface area contributed by atoms with Crippen LogP contribution < -0.4 is 0 Å². The van der Waals surface area contributed by atoms with Crippen LogP contribution in [-0.4, -0.2) is 29.0 Å². The molecule has 0 saturated heterocycles. The van der Waals surface area contributed by atoms with Crippen LogP contribution in [0.25, 0.3) is 0 Å². The largest absolute Gasteiger partial charge is 0.329 e. The first-order valence-electron chi connectivity index (χ1n) is 5.38. The maximum atomic E-state index is 12.1. The molecule has 1 aliphatic heterocycles. The third-order valence-corrected chi connectivity index (χ3v) is 3.94. The molecule has 0 bridgehead atoms. The molecule has 1 aromatic carbocycles. The lowest BCUT2D eigenvalue weighted by Gasteiger charge is -2.28. The Bertz CT molecular complexity index is 388. The Balaban J connectivity index is 2.07. The highest BCUT2D eigenvalue weighted by molar-refractivity contribution is 8.00. The first-order chi connectivity index (χ1) is 7.79. The van der Waals surface area contributed by atoms with E-state index in [1.807, 2.05) is 54.0 Å². The molecule has 1 atom stereocenters. The number of rotatable bonds is 2. The van der Waals surface area contributed by atoms with Crippen molar-refractivity contribution < 1.29 is 4.79 Å². The van der Waals surface area contributed by atoms with E-state index < -0.39 is 0 Å². The molecular formula is C13H15NOS.